The molecule has 0 heterocycles. The van der Waals surface area contributed by atoms with Gasteiger partial charge in [-0.2, -0.15) is 0 Å². The van der Waals surface area contributed by atoms with Gasteiger partial charge in [0.15, 0.2) is 0 Å². The van der Waals surface area contributed by atoms with Gasteiger partial charge in [0.1, 0.15) is 0 Å². The number of aliphatic carboxylic acids is 1. The van der Waals surface area contributed by atoms with Crippen LogP contribution in [0.3, 0.4) is 0 Å². The summed E-state index contributed by atoms with van der Waals surface area (Å²) >= 11 is 0. The number of methoxy groups -OCH3 is 1. The molecule has 0 aromatic carbocycles. The smallest absolute Gasteiger partial charge is 0.306 e. The van der Waals surface area contributed by atoms with Crippen molar-refractivity contribution in [2.24, 2.45) is 11.8 Å². The van der Waals surface area contributed by atoms with Gasteiger partial charge >= 0.3 is 5.97 Å². The number of carbonyl (C=O) groups excluding carboxylic acids is 1. The summed E-state index contributed by atoms with van der Waals surface area (Å²) in [5.74, 6) is -1.66. The van der Waals surface area contributed by atoms with Crippen LogP contribution in [0, 0.1) is 11.8 Å². The average Bonchev–Trinajstić information content (AvgIpc) is 2.75. The maximum Gasteiger partial charge on any atom is 0.306 e. The molecular weight excluding hydrogens is 226 g/mol. The molecule has 0 saturated heterocycles. The molecule has 0 bridgehead atoms. The summed E-state index contributed by atoms with van der Waals surface area (Å²) in [6.07, 6.45) is 0.819. The minimum absolute atomic E-state index is 0.140. The lowest BCUT2D eigenvalue weighted by Crippen LogP contribution is -2.37. The number of carboxylic acids is 1. The van der Waals surface area contributed by atoms with Gasteiger partial charge in [0.2, 0.25) is 5.91 Å². The first kappa shape index (κ1) is 13.9. The molecule has 0 aromatic rings. The van der Waals surface area contributed by atoms with Gasteiger partial charge in [0, 0.05) is 19.6 Å². The van der Waals surface area contributed by atoms with Gasteiger partial charge in [-0.1, -0.05) is 0 Å². The number of ether oxygens (including phenoxy) is 1. The van der Waals surface area contributed by atoms with E-state index in [0.717, 1.165) is 0 Å². The van der Waals surface area contributed by atoms with E-state index < -0.39 is 18.0 Å². The molecule has 98 valence electrons. The van der Waals surface area contributed by atoms with Gasteiger partial charge < -0.3 is 20.3 Å². The van der Waals surface area contributed by atoms with Crippen LogP contribution >= 0.6 is 0 Å². The highest BCUT2D eigenvalue weighted by Gasteiger charge is 2.33. The highest BCUT2D eigenvalue weighted by atomic mass is 16.5. The van der Waals surface area contributed by atoms with E-state index in [1.165, 1.54) is 7.11 Å². The van der Waals surface area contributed by atoms with Gasteiger partial charge in [-0.05, 0) is 19.3 Å². The maximum atomic E-state index is 11.7. The second-order valence-corrected chi connectivity index (χ2v) is 4.40. The predicted octanol–water partition coefficient (Wildman–Crippen LogP) is -0.389. The molecule has 0 aromatic heterocycles. The molecule has 17 heavy (non-hydrogen) atoms. The number of carbonyl (C=O) groups is 2. The van der Waals surface area contributed by atoms with Crippen LogP contribution < -0.4 is 5.32 Å². The lowest BCUT2D eigenvalue weighted by atomic mass is 10.0. The van der Waals surface area contributed by atoms with Crippen molar-refractivity contribution in [2.75, 3.05) is 20.3 Å². The van der Waals surface area contributed by atoms with Gasteiger partial charge in [-0.3, -0.25) is 9.59 Å². The number of carboxylic acid groups (broad SMARTS) is 1. The Morgan fingerprint density at radius 2 is 2.06 bits per heavy atom. The summed E-state index contributed by atoms with van der Waals surface area (Å²) in [4.78, 5) is 22.4. The number of rotatable bonds is 6. The van der Waals surface area contributed by atoms with E-state index in [-0.39, 0.29) is 25.0 Å². The largest absolute Gasteiger partial charge is 0.481 e. The highest BCUT2D eigenvalue weighted by molar-refractivity contribution is 5.80. The topological polar surface area (TPSA) is 95.9 Å². The first-order valence-corrected chi connectivity index (χ1v) is 5.72. The predicted molar refractivity (Wildman–Crippen MR) is 59.4 cm³/mol. The van der Waals surface area contributed by atoms with Gasteiger partial charge in [0.25, 0.3) is 0 Å². The van der Waals surface area contributed by atoms with Crippen LogP contribution in [0.15, 0.2) is 0 Å². The molecule has 1 amide bonds. The van der Waals surface area contributed by atoms with E-state index in [2.05, 4.69) is 5.32 Å². The molecule has 1 rings (SSSR count). The molecule has 6 heteroatoms. The van der Waals surface area contributed by atoms with Crippen molar-refractivity contribution in [3.8, 4) is 0 Å². The zero-order valence-electron chi connectivity index (χ0n) is 9.89. The third kappa shape index (κ3) is 4.32. The van der Waals surface area contributed by atoms with Crippen molar-refractivity contribution < 1.29 is 24.5 Å². The van der Waals surface area contributed by atoms with Crippen LogP contribution in [0.1, 0.15) is 19.3 Å². The minimum atomic E-state index is -0.834. The summed E-state index contributed by atoms with van der Waals surface area (Å²) in [7, 11) is 1.47. The molecule has 1 unspecified atom stereocenters. The van der Waals surface area contributed by atoms with Crippen molar-refractivity contribution in [1.82, 2.24) is 5.32 Å². The standard InChI is InChI=1S/C11H19NO5/c1-17-6-9(13)5-12-10(14)7-2-3-8(4-7)11(15)16/h7-9,13H,2-6H2,1H3,(H,12,14)(H,15,16)/t7-,8+,9?/m1/s1. The van der Waals surface area contributed by atoms with Crippen LogP contribution in [0.25, 0.3) is 0 Å². The summed E-state index contributed by atoms with van der Waals surface area (Å²) < 4.78 is 4.73. The first-order valence-electron chi connectivity index (χ1n) is 5.72. The maximum absolute atomic E-state index is 11.7. The van der Waals surface area contributed by atoms with Crippen LogP contribution in [0.4, 0.5) is 0 Å². The van der Waals surface area contributed by atoms with E-state index in [0.29, 0.717) is 19.3 Å². The number of amides is 1. The van der Waals surface area contributed by atoms with Crippen molar-refractivity contribution in [3.63, 3.8) is 0 Å². The van der Waals surface area contributed by atoms with Crippen LogP contribution in [0.2, 0.25) is 0 Å². The van der Waals surface area contributed by atoms with E-state index in [1.807, 2.05) is 0 Å². The number of aliphatic hydroxyl groups is 1. The number of hydrogen-bond acceptors (Lipinski definition) is 4. The number of aliphatic hydroxyl groups excluding tert-OH is 1. The Balaban J connectivity index is 2.27. The second-order valence-electron chi connectivity index (χ2n) is 4.40. The van der Waals surface area contributed by atoms with Crippen molar-refractivity contribution in [1.29, 1.82) is 0 Å². The summed E-state index contributed by atoms with van der Waals surface area (Å²) in [6, 6.07) is 0. The molecule has 3 atom stereocenters. The first-order chi connectivity index (χ1) is 8.04. The molecule has 6 nitrogen and oxygen atoms in total. The Bertz CT molecular complexity index is 281. The van der Waals surface area contributed by atoms with E-state index in [1.54, 1.807) is 0 Å². The van der Waals surface area contributed by atoms with Crippen LogP contribution in [-0.4, -0.2) is 48.5 Å². The van der Waals surface area contributed by atoms with Gasteiger partial charge in [-0.15, -0.1) is 0 Å². The SMILES string of the molecule is COCC(O)CNC(=O)[C@@H]1CC[C@H](C(=O)O)C1. The molecule has 0 spiro atoms. The second kappa shape index (κ2) is 6.56. The quantitative estimate of drug-likeness (QED) is 0.592. The molecule has 1 saturated carbocycles. The third-order valence-electron chi connectivity index (χ3n) is 3.02. The van der Waals surface area contributed by atoms with Gasteiger partial charge in [0.05, 0.1) is 18.6 Å². The fourth-order valence-corrected chi connectivity index (χ4v) is 2.06. The van der Waals surface area contributed by atoms with Crippen molar-refractivity contribution in [2.45, 2.75) is 25.4 Å². The lowest BCUT2D eigenvalue weighted by Gasteiger charge is -2.13. The van der Waals surface area contributed by atoms with E-state index in [9.17, 15) is 14.7 Å². The molecule has 0 radical (unpaired) electrons. The Kier molecular flexibility index (Phi) is 5.37. The number of hydrogen-bond donors (Lipinski definition) is 3. The Hall–Kier alpha value is -1.14. The monoisotopic (exact) mass is 245 g/mol. The fourth-order valence-electron chi connectivity index (χ4n) is 2.06. The number of nitrogens with one attached hydrogen (secondary N) is 1. The Morgan fingerprint density at radius 3 is 2.59 bits per heavy atom. The Labute approximate surface area is 100.0 Å². The molecule has 1 aliphatic rings. The molecule has 1 fully saturated rings. The summed E-state index contributed by atoms with van der Waals surface area (Å²) in [5.41, 5.74) is 0. The normalized spacial score (nSPS) is 25.5. The average molecular weight is 245 g/mol. The summed E-state index contributed by atoms with van der Waals surface area (Å²) in [5, 5.41) is 20.8. The molecular formula is C11H19NO5. The summed E-state index contributed by atoms with van der Waals surface area (Å²) in [6.45, 7) is 0.309. The van der Waals surface area contributed by atoms with Crippen molar-refractivity contribution in [3.05, 3.63) is 0 Å². The molecule has 3 N–H and O–H groups in total. The van der Waals surface area contributed by atoms with E-state index >= 15 is 0 Å². The Morgan fingerprint density at radius 1 is 1.41 bits per heavy atom. The van der Waals surface area contributed by atoms with Crippen LogP contribution in [-0.2, 0) is 14.3 Å². The third-order valence-corrected chi connectivity index (χ3v) is 3.02. The van der Waals surface area contributed by atoms with Crippen molar-refractivity contribution >= 4 is 11.9 Å². The highest BCUT2D eigenvalue weighted by Crippen LogP contribution is 2.30. The minimum Gasteiger partial charge on any atom is -0.481 e. The van der Waals surface area contributed by atoms with E-state index in [4.69, 9.17) is 9.84 Å². The van der Waals surface area contributed by atoms with Crippen LogP contribution in [0.5, 0.6) is 0 Å². The molecule has 0 aliphatic heterocycles. The molecule has 1 aliphatic carbocycles. The lowest BCUT2D eigenvalue weighted by molar-refractivity contribution is -0.141. The zero-order valence-corrected chi connectivity index (χ0v) is 9.89. The van der Waals surface area contributed by atoms with Gasteiger partial charge in [-0.25, -0.2) is 0 Å². The zero-order chi connectivity index (χ0) is 12.8. The fraction of sp³-hybridized carbons (Fsp3) is 0.818.